The molecule has 1 atom stereocenters. The van der Waals surface area contributed by atoms with E-state index in [1.165, 1.54) is 7.11 Å². The highest BCUT2D eigenvalue weighted by Crippen LogP contribution is 2.40. The fourth-order valence-electron chi connectivity index (χ4n) is 4.28. The third kappa shape index (κ3) is 4.80. The average molecular weight is 433 g/mol. The van der Waals surface area contributed by atoms with Crippen molar-refractivity contribution in [3.05, 3.63) is 54.6 Å². The van der Waals surface area contributed by atoms with E-state index in [9.17, 15) is 10.2 Å². The van der Waals surface area contributed by atoms with Gasteiger partial charge in [-0.1, -0.05) is 36.4 Å². The summed E-state index contributed by atoms with van der Waals surface area (Å²) in [6.45, 7) is 2.33. The lowest BCUT2D eigenvalue weighted by Gasteiger charge is -2.30. The number of piperidine rings is 1. The topological polar surface area (TPSA) is 86.0 Å². The number of aliphatic hydroxyl groups is 1. The molecule has 0 amide bonds. The number of aliphatic hydroxyl groups excluding tert-OH is 1. The molecule has 2 N–H and O–H groups in total. The van der Waals surface area contributed by atoms with Crippen LogP contribution in [0.15, 0.2) is 54.6 Å². The van der Waals surface area contributed by atoms with Crippen molar-refractivity contribution in [2.45, 2.75) is 18.9 Å². The second-order valence-electron chi connectivity index (χ2n) is 8.22. The van der Waals surface area contributed by atoms with E-state index in [2.05, 4.69) is 11.0 Å². The molecule has 0 saturated carbocycles. The minimum absolute atomic E-state index is 0.0783. The second kappa shape index (κ2) is 9.90. The highest BCUT2D eigenvalue weighted by atomic mass is 16.5. The summed E-state index contributed by atoms with van der Waals surface area (Å²) in [6, 6.07) is 19.5. The van der Waals surface area contributed by atoms with Gasteiger partial charge in [-0.05, 0) is 60.5 Å². The number of methoxy groups -OCH3 is 1. The lowest BCUT2D eigenvalue weighted by atomic mass is 9.97. The Balaban J connectivity index is 1.55. The number of likely N-dealkylation sites (tertiary alicyclic amines) is 1. The van der Waals surface area contributed by atoms with Crippen LogP contribution >= 0.6 is 0 Å². The lowest BCUT2D eigenvalue weighted by molar-refractivity contribution is 0.0585. The average Bonchev–Trinajstić information content (AvgIpc) is 2.83. The van der Waals surface area contributed by atoms with Crippen molar-refractivity contribution in [1.82, 2.24) is 4.90 Å². The zero-order valence-electron chi connectivity index (χ0n) is 18.2. The molecule has 1 fully saturated rings. The van der Waals surface area contributed by atoms with Gasteiger partial charge < -0.3 is 24.6 Å². The van der Waals surface area contributed by atoms with Crippen LogP contribution in [0.5, 0.6) is 17.2 Å². The molecule has 0 radical (unpaired) electrons. The number of nitrogens with zero attached hydrogens (tertiary/aromatic N) is 2. The molecule has 3 aromatic rings. The Hall–Kier alpha value is -3.27. The van der Waals surface area contributed by atoms with Gasteiger partial charge >= 0.3 is 0 Å². The first kappa shape index (κ1) is 21.9. The van der Waals surface area contributed by atoms with Crippen LogP contribution < -0.4 is 9.47 Å². The second-order valence-corrected chi connectivity index (χ2v) is 8.22. The number of benzene rings is 3. The first-order valence-corrected chi connectivity index (χ1v) is 10.9. The number of phenols is 1. The summed E-state index contributed by atoms with van der Waals surface area (Å²) in [5.74, 6) is 1.26. The molecule has 1 unspecified atom stereocenters. The smallest absolute Gasteiger partial charge is 0.161 e. The number of fused-ring (bicyclic) bond motifs is 1. The summed E-state index contributed by atoms with van der Waals surface area (Å²) in [5, 5.41) is 31.8. The first-order valence-electron chi connectivity index (χ1n) is 10.9. The van der Waals surface area contributed by atoms with Gasteiger partial charge in [0, 0.05) is 18.0 Å². The van der Waals surface area contributed by atoms with E-state index in [4.69, 9.17) is 14.7 Å². The van der Waals surface area contributed by atoms with Crippen molar-refractivity contribution in [3.8, 4) is 34.4 Å². The van der Waals surface area contributed by atoms with Crippen LogP contribution in [0.25, 0.3) is 21.9 Å². The maximum atomic E-state index is 10.6. The van der Waals surface area contributed by atoms with Gasteiger partial charge in [0.25, 0.3) is 0 Å². The number of nitriles is 1. The monoisotopic (exact) mass is 432 g/mol. The maximum absolute atomic E-state index is 10.6. The molecule has 0 bridgehead atoms. The fourth-order valence-corrected chi connectivity index (χ4v) is 4.28. The zero-order valence-corrected chi connectivity index (χ0v) is 18.2. The Labute approximate surface area is 188 Å². The van der Waals surface area contributed by atoms with Gasteiger partial charge in [0.15, 0.2) is 11.5 Å². The standard InChI is InChI=1S/C26H28N2O4/c1-31-25-14-20(6-8-23(25)30)26-22-5-3-2-4-19(22)7-9-24(26)32-17-21(29)16-28-12-10-18(15-27)11-13-28/h2-9,14,18,21,29-30H,10-13,16-17H2,1H3. The molecule has 3 aromatic carbocycles. The van der Waals surface area contributed by atoms with Gasteiger partial charge in [-0.15, -0.1) is 0 Å². The largest absolute Gasteiger partial charge is 0.504 e. The molecule has 1 saturated heterocycles. The summed E-state index contributed by atoms with van der Waals surface area (Å²) >= 11 is 0. The van der Waals surface area contributed by atoms with Gasteiger partial charge in [0.2, 0.25) is 0 Å². The molecule has 32 heavy (non-hydrogen) atoms. The van der Waals surface area contributed by atoms with Crippen LogP contribution in [0.2, 0.25) is 0 Å². The quantitative estimate of drug-likeness (QED) is 0.582. The Bertz CT molecular complexity index is 1120. The summed E-state index contributed by atoms with van der Waals surface area (Å²) < 4.78 is 11.4. The van der Waals surface area contributed by atoms with Crippen LogP contribution in [-0.2, 0) is 0 Å². The molecule has 4 rings (SSSR count). The van der Waals surface area contributed by atoms with E-state index in [0.717, 1.165) is 47.8 Å². The van der Waals surface area contributed by atoms with Crippen molar-refractivity contribution in [1.29, 1.82) is 5.26 Å². The number of aromatic hydroxyl groups is 1. The van der Waals surface area contributed by atoms with Crippen LogP contribution in [0.4, 0.5) is 0 Å². The van der Waals surface area contributed by atoms with Crippen molar-refractivity contribution in [2.24, 2.45) is 5.92 Å². The number of hydrogen-bond acceptors (Lipinski definition) is 6. The molecule has 0 spiro atoms. The zero-order chi connectivity index (χ0) is 22.5. The van der Waals surface area contributed by atoms with Crippen molar-refractivity contribution >= 4 is 10.8 Å². The SMILES string of the molecule is COc1cc(-c2c(OCC(O)CN3CCC(C#N)CC3)ccc3ccccc23)ccc1O. The van der Waals surface area contributed by atoms with Gasteiger partial charge in [-0.3, -0.25) is 0 Å². The van der Waals surface area contributed by atoms with E-state index in [1.807, 2.05) is 42.5 Å². The van der Waals surface area contributed by atoms with Crippen molar-refractivity contribution in [3.63, 3.8) is 0 Å². The van der Waals surface area contributed by atoms with E-state index in [-0.39, 0.29) is 18.3 Å². The number of ether oxygens (including phenoxy) is 2. The number of phenolic OH excluding ortho intramolecular Hbond substituents is 1. The Morgan fingerprint density at radius 2 is 1.88 bits per heavy atom. The maximum Gasteiger partial charge on any atom is 0.161 e. The van der Waals surface area contributed by atoms with Crippen LogP contribution in [0.3, 0.4) is 0 Å². The molecule has 166 valence electrons. The highest BCUT2D eigenvalue weighted by Gasteiger charge is 2.21. The summed E-state index contributed by atoms with van der Waals surface area (Å²) in [6.07, 6.45) is 1.06. The molecule has 1 aliphatic rings. The van der Waals surface area contributed by atoms with Gasteiger partial charge in [0.05, 0.1) is 13.2 Å². The van der Waals surface area contributed by atoms with Crippen molar-refractivity contribution in [2.75, 3.05) is 33.4 Å². The molecule has 1 heterocycles. The first-order chi connectivity index (χ1) is 15.6. The van der Waals surface area contributed by atoms with E-state index < -0.39 is 6.10 Å². The molecule has 1 aliphatic heterocycles. The minimum Gasteiger partial charge on any atom is -0.504 e. The predicted octanol–water partition coefficient (Wildman–Crippen LogP) is 4.20. The number of β-amino-alcohol motifs (C(OH)–C–C–N with tert-alkyl or cyclic N) is 1. The Kier molecular flexibility index (Phi) is 6.79. The van der Waals surface area contributed by atoms with E-state index in [1.54, 1.807) is 12.1 Å². The van der Waals surface area contributed by atoms with Gasteiger partial charge in [0.1, 0.15) is 18.5 Å². The van der Waals surface area contributed by atoms with Gasteiger partial charge in [-0.25, -0.2) is 0 Å². The van der Waals surface area contributed by atoms with E-state index in [0.29, 0.717) is 18.0 Å². The molecule has 6 nitrogen and oxygen atoms in total. The third-order valence-electron chi connectivity index (χ3n) is 6.03. The fraction of sp³-hybridized carbons (Fsp3) is 0.346. The molecule has 6 heteroatoms. The summed E-state index contributed by atoms with van der Waals surface area (Å²) in [4.78, 5) is 2.19. The lowest BCUT2D eigenvalue weighted by Crippen LogP contribution is -2.40. The van der Waals surface area contributed by atoms with Gasteiger partial charge in [-0.2, -0.15) is 5.26 Å². The van der Waals surface area contributed by atoms with Crippen LogP contribution in [0.1, 0.15) is 12.8 Å². The molecular weight excluding hydrogens is 404 g/mol. The number of hydrogen-bond donors (Lipinski definition) is 2. The highest BCUT2D eigenvalue weighted by molar-refractivity contribution is 6.00. The third-order valence-corrected chi connectivity index (χ3v) is 6.03. The molecule has 0 aliphatic carbocycles. The summed E-state index contributed by atoms with van der Waals surface area (Å²) in [7, 11) is 1.52. The predicted molar refractivity (Wildman–Crippen MR) is 124 cm³/mol. The van der Waals surface area contributed by atoms with Crippen LogP contribution in [-0.4, -0.2) is 54.6 Å². The normalized spacial score (nSPS) is 15.9. The minimum atomic E-state index is -0.637. The number of rotatable bonds is 7. The summed E-state index contributed by atoms with van der Waals surface area (Å²) in [5.41, 5.74) is 1.75. The Morgan fingerprint density at radius 3 is 2.62 bits per heavy atom. The molecular formula is C26H28N2O4. The Morgan fingerprint density at radius 1 is 1.09 bits per heavy atom. The molecule has 0 aromatic heterocycles. The van der Waals surface area contributed by atoms with E-state index >= 15 is 0 Å². The van der Waals surface area contributed by atoms with Crippen molar-refractivity contribution < 1.29 is 19.7 Å². The van der Waals surface area contributed by atoms with Crippen LogP contribution in [0, 0.1) is 17.2 Å².